The normalized spacial score (nSPS) is 14.0. The molecule has 3 rings (SSSR count). The predicted molar refractivity (Wildman–Crippen MR) is 98.1 cm³/mol. The summed E-state index contributed by atoms with van der Waals surface area (Å²) in [7, 11) is 0. The van der Waals surface area contributed by atoms with Crippen molar-refractivity contribution in [2.45, 2.75) is 52.2 Å². The molecule has 0 radical (unpaired) electrons. The molecular formula is C18H23N3O4S. The fourth-order valence-corrected chi connectivity index (χ4v) is 3.64. The van der Waals surface area contributed by atoms with Crippen LogP contribution in [0.5, 0.6) is 0 Å². The number of carbonyl (C=O) groups excluding carboxylic acids is 2. The van der Waals surface area contributed by atoms with Crippen LogP contribution in [0.1, 0.15) is 43.5 Å². The van der Waals surface area contributed by atoms with E-state index < -0.39 is 5.60 Å². The predicted octanol–water partition coefficient (Wildman–Crippen LogP) is 3.60. The Morgan fingerprint density at radius 3 is 2.92 bits per heavy atom. The highest BCUT2D eigenvalue weighted by atomic mass is 32.1. The van der Waals surface area contributed by atoms with Gasteiger partial charge in [-0.15, -0.1) is 0 Å². The third-order valence-electron chi connectivity index (χ3n) is 3.81. The maximum absolute atomic E-state index is 12.2. The molecule has 1 N–H and O–H groups in total. The molecule has 0 bridgehead atoms. The first-order chi connectivity index (χ1) is 12.3. The summed E-state index contributed by atoms with van der Waals surface area (Å²) < 4.78 is 10.7. The van der Waals surface area contributed by atoms with Gasteiger partial charge in [-0.1, -0.05) is 11.3 Å². The Balaban J connectivity index is 1.55. The molecule has 2 amide bonds. The first kappa shape index (κ1) is 18.4. The molecule has 0 fully saturated rings. The number of carbonyl (C=O) groups is 2. The van der Waals surface area contributed by atoms with E-state index in [4.69, 9.17) is 9.15 Å². The van der Waals surface area contributed by atoms with Crippen LogP contribution in [0.2, 0.25) is 0 Å². The molecular weight excluding hydrogens is 354 g/mol. The maximum Gasteiger partial charge on any atom is 0.410 e. The van der Waals surface area contributed by atoms with Gasteiger partial charge in [0.2, 0.25) is 5.91 Å². The summed E-state index contributed by atoms with van der Waals surface area (Å²) in [6, 6.07) is 3.65. The van der Waals surface area contributed by atoms with Gasteiger partial charge in [0.05, 0.1) is 18.5 Å². The summed E-state index contributed by atoms with van der Waals surface area (Å²) in [4.78, 5) is 31.4. The van der Waals surface area contributed by atoms with Gasteiger partial charge < -0.3 is 19.4 Å². The molecule has 1 aliphatic heterocycles. The first-order valence-corrected chi connectivity index (χ1v) is 9.40. The molecule has 0 aliphatic carbocycles. The second-order valence-electron chi connectivity index (χ2n) is 7.17. The van der Waals surface area contributed by atoms with Gasteiger partial charge in [0, 0.05) is 30.7 Å². The molecule has 140 valence electrons. The van der Waals surface area contributed by atoms with Gasteiger partial charge in [0.1, 0.15) is 11.4 Å². The molecule has 26 heavy (non-hydrogen) atoms. The van der Waals surface area contributed by atoms with Gasteiger partial charge in [0.15, 0.2) is 5.13 Å². The fourth-order valence-electron chi connectivity index (χ4n) is 2.60. The molecule has 8 heteroatoms. The van der Waals surface area contributed by atoms with E-state index in [0.29, 0.717) is 37.5 Å². The number of aryl methyl sites for hydroxylation is 1. The largest absolute Gasteiger partial charge is 0.469 e. The standard InChI is InChI=1S/C18H23N3O4S/c1-18(2,3)25-17(23)21-9-8-13-14(11-21)26-16(19-13)20-15(22)7-6-12-5-4-10-24-12/h4-5,10H,6-9,11H2,1-3H3,(H,19,20,22). The number of nitrogens with zero attached hydrogens (tertiary/aromatic N) is 2. The Morgan fingerprint density at radius 1 is 1.42 bits per heavy atom. The van der Waals surface area contributed by atoms with Crippen molar-refractivity contribution >= 4 is 28.5 Å². The number of thiazole rings is 1. The zero-order valence-corrected chi connectivity index (χ0v) is 16.0. The lowest BCUT2D eigenvalue weighted by molar-refractivity contribution is -0.116. The minimum absolute atomic E-state index is 0.100. The number of ether oxygens (including phenoxy) is 1. The topological polar surface area (TPSA) is 84.7 Å². The summed E-state index contributed by atoms with van der Waals surface area (Å²) in [5.41, 5.74) is 0.425. The van der Waals surface area contributed by atoms with Crippen molar-refractivity contribution in [3.8, 4) is 0 Å². The number of fused-ring (bicyclic) bond motifs is 1. The molecule has 2 aromatic heterocycles. The number of furan rings is 1. The highest BCUT2D eigenvalue weighted by molar-refractivity contribution is 7.15. The molecule has 0 saturated carbocycles. The van der Waals surface area contributed by atoms with E-state index in [0.717, 1.165) is 16.3 Å². The molecule has 2 aromatic rings. The number of hydrogen-bond donors (Lipinski definition) is 1. The van der Waals surface area contributed by atoms with Gasteiger partial charge in [-0.25, -0.2) is 9.78 Å². The van der Waals surface area contributed by atoms with Crippen molar-refractivity contribution in [3.63, 3.8) is 0 Å². The molecule has 1 aliphatic rings. The Labute approximate surface area is 156 Å². The average Bonchev–Trinajstić information content (AvgIpc) is 3.19. The first-order valence-electron chi connectivity index (χ1n) is 8.59. The van der Waals surface area contributed by atoms with Gasteiger partial charge >= 0.3 is 6.09 Å². The summed E-state index contributed by atoms with van der Waals surface area (Å²) in [5, 5.41) is 3.41. The Morgan fingerprint density at radius 2 is 2.23 bits per heavy atom. The van der Waals surface area contributed by atoms with Gasteiger partial charge in [0.25, 0.3) is 0 Å². The van der Waals surface area contributed by atoms with Crippen LogP contribution in [0.25, 0.3) is 0 Å². The molecule has 0 saturated heterocycles. The van der Waals surface area contributed by atoms with Crippen molar-refractivity contribution in [3.05, 3.63) is 34.7 Å². The van der Waals surface area contributed by atoms with E-state index in [2.05, 4.69) is 10.3 Å². The van der Waals surface area contributed by atoms with E-state index >= 15 is 0 Å². The van der Waals surface area contributed by atoms with Crippen molar-refractivity contribution < 1.29 is 18.7 Å². The molecule has 0 aromatic carbocycles. The van der Waals surface area contributed by atoms with Gasteiger partial charge in [-0.3, -0.25) is 4.79 Å². The maximum atomic E-state index is 12.2. The molecule has 3 heterocycles. The number of rotatable bonds is 4. The minimum Gasteiger partial charge on any atom is -0.469 e. The second-order valence-corrected chi connectivity index (χ2v) is 8.25. The van der Waals surface area contributed by atoms with Crippen LogP contribution in [0.3, 0.4) is 0 Å². The Hall–Kier alpha value is -2.35. The summed E-state index contributed by atoms with van der Waals surface area (Å²) in [6.45, 7) is 6.58. The number of anilines is 1. The monoisotopic (exact) mass is 377 g/mol. The number of hydrogen-bond acceptors (Lipinski definition) is 6. The van der Waals surface area contributed by atoms with Gasteiger partial charge in [-0.2, -0.15) is 0 Å². The van der Waals surface area contributed by atoms with Crippen LogP contribution in [-0.2, 0) is 28.9 Å². The average molecular weight is 377 g/mol. The van der Waals surface area contributed by atoms with Crippen LogP contribution in [0.15, 0.2) is 22.8 Å². The second kappa shape index (κ2) is 7.49. The minimum atomic E-state index is -0.516. The third kappa shape index (κ3) is 4.85. The van der Waals surface area contributed by atoms with Crippen molar-refractivity contribution in [2.24, 2.45) is 0 Å². The van der Waals surface area contributed by atoms with Crippen LogP contribution >= 0.6 is 11.3 Å². The van der Waals surface area contributed by atoms with E-state index in [-0.39, 0.29) is 12.0 Å². The quantitative estimate of drug-likeness (QED) is 0.880. The van der Waals surface area contributed by atoms with E-state index in [1.54, 1.807) is 17.2 Å². The zero-order valence-electron chi connectivity index (χ0n) is 15.2. The van der Waals surface area contributed by atoms with E-state index in [1.165, 1.54) is 11.3 Å². The van der Waals surface area contributed by atoms with Crippen molar-refractivity contribution in [1.29, 1.82) is 0 Å². The number of aromatic nitrogens is 1. The van der Waals surface area contributed by atoms with Crippen LogP contribution in [0.4, 0.5) is 9.93 Å². The van der Waals surface area contributed by atoms with Crippen LogP contribution < -0.4 is 5.32 Å². The zero-order chi connectivity index (χ0) is 18.7. The van der Waals surface area contributed by atoms with Crippen molar-refractivity contribution in [1.82, 2.24) is 9.88 Å². The third-order valence-corrected chi connectivity index (χ3v) is 4.81. The number of amides is 2. The lowest BCUT2D eigenvalue weighted by atomic mass is 10.2. The molecule has 0 atom stereocenters. The molecule has 0 unspecified atom stereocenters. The SMILES string of the molecule is CC(C)(C)OC(=O)N1CCc2nc(NC(=O)CCc3ccco3)sc2C1. The highest BCUT2D eigenvalue weighted by Crippen LogP contribution is 2.29. The summed E-state index contributed by atoms with van der Waals surface area (Å²) in [6.07, 6.45) is 2.82. The Bertz CT molecular complexity index is 777. The van der Waals surface area contributed by atoms with E-state index in [9.17, 15) is 9.59 Å². The molecule has 0 spiro atoms. The molecule has 7 nitrogen and oxygen atoms in total. The Kier molecular flexibility index (Phi) is 5.31. The summed E-state index contributed by atoms with van der Waals surface area (Å²) >= 11 is 1.41. The smallest absolute Gasteiger partial charge is 0.410 e. The lowest BCUT2D eigenvalue weighted by Gasteiger charge is -2.29. The summed E-state index contributed by atoms with van der Waals surface area (Å²) in [5.74, 6) is 0.683. The lowest BCUT2D eigenvalue weighted by Crippen LogP contribution is -2.39. The van der Waals surface area contributed by atoms with Crippen LogP contribution in [0, 0.1) is 0 Å². The van der Waals surface area contributed by atoms with E-state index in [1.807, 2.05) is 26.8 Å². The van der Waals surface area contributed by atoms with Gasteiger partial charge in [-0.05, 0) is 32.9 Å². The van der Waals surface area contributed by atoms with Crippen LogP contribution in [-0.4, -0.2) is 34.0 Å². The highest BCUT2D eigenvalue weighted by Gasteiger charge is 2.28. The number of nitrogens with one attached hydrogen (secondary N) is 1. The van der Waals surface area contributed by atoms with Crippen molar-refractivity contribution in [2.75, 3.05) is 11.9 Å². The fraction of sp³-hybridized carbons (Fsp3) is 0.500.